The zero-order valence-corrected chi connectivity index (χ0v) is 23.1. The van der Waals surface area contributed by atoms with Gasteiger partial charge in [-0.05, 0) is 79.1 Å². The summed E-state index contributed by atoms with van der Waals surface area (Å²) in [6, 6.07) is 0. The highest BCUT2D eigenvalue weighted by Gasteiger charge is 2.77. The molecule has 0 aliphatic heterocycles. The molecular formula is C31H48O4. The highest BCUT2D eigenvalue weighted by molar-refractivity contribution is 5.67. The van der Waals surface area contributed by atoms with Gasteiger partial charge in [0.1, 0.15) is 6.10 Å². The van der Waals surface area contributed by atoms with Gasteiger partial charge in [0.15, 0.2) is 0 Å². The number of aliphatic hydroxyl groups is 1. The first-order valence-corrected chi connectivity index (χ1v) is 13.9. The molecule has 0 radical (unpaired) electrons. The van der Waals surface area contributed by atoms with Crippen molar-refractivity contribution in [3.8, 4) is 0 Å². The summed E-state index contributed by atoms with van der Waals surface area (Å²) < 4.78 is 11.6. The van der Waals surface area contributed by atoms with E-state index in [0.29, 0.717) is 47.8 Å². The predicted octanol–water partition coefficient (Wildman–Crippen LogP) is 6.64. The van der Waals surface area contributed by atoms with Crippen LogP contribution in [-0.4, -0.2) is 36.0 Å². The minimum Gasteiger partial charge on any atom is -0.458 e. The van der Waals surface area contributed by atoms with Crippen LogP contribution in [0.15, 0.2) is 36.0 Å². The first kappa shape index (κ1) is 26.7. The molecule has 0 aromatic rings. The summed E-state index contributed by atoms with van der Waals surface area (Å²) in [5, 5.41) is 11.3. The second-order valence-electron chi connectivity index (χ2n) is 12.8. The van der Waals surface area contributed by atoms with E-state index in [2.05, 4.69) is 59.4 Å². The third kappa shape index (κ3) is 4.37. The molecular weight excluding hydrogens is 436 g/mol. The van der Waals surface area contributed by atoms with Gasteiger partial charge in [0.05, 0.1) is 17.1 Å². The first-order valence-electron chi connectivity index (χ1n) is 13.9. The van der Waals surface area contributed by atoms with Crippen LogP contribution in [0, 0.1) is 40.4 Å². The lowest BCUT2D eigenvalue weighted by molar-refractivity contribution is -0.145. The van der Waals surface area contributed by atoms with Crippen molar-refractivity contribution in [3.63, 3.8) is 0 Å². The van der Waals surface area contributed by atoms with Crippen LogP contribution in [0.4, 0.5) is 0 Å². The van der Waals surface area contributed by atoms with Crippen molar-refractivity contribution in [1.82, 2.24) is 0 Å². The van der Waals surface area contributed by atoms with E-state index in [1.54, 1.807) is 7.11 Å². The highest BCUT2D eigenvalue weighted by Crippen LogP contribution is 2.72. The second-order valence-corrected chi connectivity index (χ2v) is 12.8. The molecule has 0 aromatic carbocycles. The van der Waals surface area contributed by atoms with Gasteiger partial charge in [-0.15, -0.1) is 0 Å². The summed E-state index contributed by atoms with van der Waals surface area (Å²) in [6.07, 6.45) is 13.8. The van der Waals surface area contributed by atoms with Crippen molar-refractivity contribution in [1.29, 1.82) is 0 Å². The van der Waals surface area contributed by atoms with E-state index in [4.69, 9.17) is 9.47 Å². The Morgan fingerprint density at radius 3 is 2.54 bits per heavy atom. The standard InChI is InChI=1S/C31H48O4/c1-19(2)20(3)11-12-21(4)25-13-14-26-24(10-9-15-29(25,26)7)16-28(34-8)31-18-30(31,33)17-27(22(31)5)35-23(6)32/h11-12,16,19-21,25-28,33H,5,9-10,13-15,17-18H2,1-4,6-8H3/b12-11+,24-16+/t20-,21+,25+,26-,27?,28?,29+,30+,31?/m0/s1. The lowest BCUT2D eigenvalue weighted by atomic mass is 9.61. The summed E-state index contributed by atoms with van der Waals surface area (Å²) in [5.41, 5.74) is 1.21. The van der Waals surface area contributed by atoms with Crippen LogP contribution in [-0.2, 0) is 14.3 Å². The minimum atomic E-state index is -0.884. The van der Waals surface area contributed by atoms with Crippen molar-refractivity contribution in [2.24, 2.45) is 40.4 Å². The second kappa shape index (κ2) is 9.49. The maximum Gasteiger partial charge on any atom is 0.303 e. The molecule has 196 valence electrons. The van der Waals surface area contributed by atoms with E-state index in [9.17, 15) is 9.90 Å². The van der Waals surface area contributed by atoms with Crippen LogP contribution in [0.3, 0.4) is 0 Å². The Hall–Kier alpha value is -1.39. The Labute approximate surface area is 213 Å². The average molecular weight is 485 g/mol. The van der Waals surface area contributed by atoms with Gasteiger partial charge >= 0.3 is 5.97 Å². The first-order chi connectivity index (χ1) is 16.4. The fourth-order valence-corrected chi connectivity index (χ4v) is 8.12. The van der Waals surface area contributed by atoms with Gasteiger partial charge in [0.25, 0.3) is 0 Å². The third-order valence-electron chi connectivity index (χ3n) is 10.6. The summed E-state index contributed by atoms with van der Waals surface area (Å²) in [5.74, 6) is 2.80. The van der Waals surface area contributed by atoms with Crippen molar-refractivity contribution < 1.29 is 19.4 Å². The lowest BCUT2D eigenvalue weighted by Gasteiger charge is -2.44. The highest BCUT2D eigenvalue weighted by atomic mass is 16.5. The number of carbonyl (C=O) groups is 1. The molecule has 4 heteroatoms. The topological polar surface area (TPSA) is 55.8 Å². The van der Waals surface area contributed by atoms with Crippen molar-refractivity contribution in [3.05, 3.63) is 36.0 Å². The van der Waals surface area contributed by atoms with Crippen LogP contribution in [0.5, 0.6) is 0 Å². The van der Waals surface area contributed by atoms with Gasteiger partial charge < -0.3 is 14.6 Å². The molecule has 0 aromatic heterocycles. The van der Waals surface area contributed by atoms with Crippen LogP contribution in [0.25, 0.3) is 0 Å². The quantitative estimate of drug-likeness (QED) is 0.310. The molecule has 9 atom stereocenters. The number of rotatable bonds is 8. The summed E-state index contributed by atoms with van der Waals surface area (Å²) in [4.78, 5) is 11.6. The molecule has 4 aliphatic carbocycles. The number of hydrogen-bond donors (Lipinski definition) is 1. The van der Waals surface area contributed by atoms with Crippen molar-refractivity contribution in [2.75, 3.05) is 7.11 Å². The van der Waals surface area contributed by atoms with Crippen LogP contribution < -0.4 is 0 Å². The molecule has 0 saturated heterocycles. The minimum absolute atomic E-state index is 0.235. The number of hydrogen-bond acceptors (Lipinski definition) is 4. The largest absolute Gasteiger partial charge is 0.458 e. The molecule has 4 saturated carbocycles. The van der Waals surface area contributed by atoms with E-state index in [1.165, 1.54) is 38.2 Å². The van der Waals surface area contributed by atoms with Gasteiger partial charge in [0.2, 0.25) is 0 Å². The Morgan fingerprint density at radius 2 is 1.91 bits per heavy atom. The zero-order chi connectivity index (χ0) is 25.8. The molecule has 3 unspecified atom stereocenters. The molecule has 4 nitrogen and oxygen atoms in total. The van der Waals surface area contributed by atoms with E-state index in [0.717, 1.165) is 12.0 Å². The molecule has 4 fully saturated rings. The molecule has 0 amide bonds. The SMILES string of the molecule is C=C1C(OC(C)=O)C[C@@]2(O)CC12C(/C=C1\CCC[C@]2(C)[C@@H]([C@H](C)/C=C/[C@H](C)C(C)C)CC[C@@H]12)OC. The van der Waals surface area contributed by atoms with Gasteiger partial charge in [0, 0.05) is 20.5 Å². The van der Waals surface area contributed by atoms with E-state index in [-0.39, 0.29) is 12.1 Å². The summed E-state index contributed by atoms with van der Waals surface area (Å²) in [6.45, 7) is 17.6. The number of ether oxygens (including phenoxy) is 2. The molecule has 1 N–H and O–H groups in total. The molecule has 0 heterocycles. The smallest absolute Gasteiger partial charge is 0.303 e. The number of fused-ring (bicyclic) bond motifs is 2. The van der Waals surface area contributed by atoms with Crippen LogP contribution >= 0.6 is 0 Å². The maximum absolute atomic E-state index is 11.6. The van der Waals surface area contributed by atoms with Gasteiger partial charge in [-0.1, -0.05) is 65.0 Å². The fraction of sp³-hybridized carbons (Fsp3) is 0.774. The Kier molecular flexibility index (Phi) is 7.23. The third-order valence-corrected chi connectivity index (χ3v) is 10.6. The normalized spacial score (nSPS) is 42.3. The molecule has 35 heavy (non-hydrogen) atoms. The number of carbonyl (C=O) groups excluding carboxylic acids is 1. The lowest BCUT2D eigenvalue weighted by Crippen LogP contribution is -2.37. The molecule has 0 spiro atoms. The van der Waals surface area contributed by atoms with Gasteiger partial charge in [-0.25, -0.2) is 0 Å². The van der Waals surface area contributed by atoms with Crippen LogP contribution in [0.1, 0.15) is 86.5 Å². The summed E-state index contributed by atoms with van der Waals surface area (Å²) >= 11 is 0. The van der Waals surface area contributed by atoms with Crippen LogP contribution in [0.2, 0.25) is 0 Å². The maximum atomic E-state index is 11.6. The average Bonchev–Trinajstić information content (AvgIpc) is 3.13. The summed E-state index contributed by atoms with van der Waals surface area (Å²) in [7, 11) is 1.74. The molecule has 0 bridgehead atoms. The van der Waals surface area contributed by atoms with Gasteiger partial charge in [-0.2, -0.15) is 0 Å². The van der Waals surface area contributed by atoms with E-state index >= 15 is 0 Å². The van der Waals surface area contributed by atoms with E-state index in [1.807, 2.05) is 0 Å². The van der Waals surface area contributed by atoms with Gasteiger partial charge in [-0.3, -0.25) is 4.79 Å². The molecule has 4 rings (SSSR count). The Bertz CT molecular complexity index is 902. The van der Waals surface area contributed by atoms with Crippen molar-refractivity contribution >= 4 is 5.97 Å². The van der Waals surface area contributed by atoms with Crippen molar-refractivity contribution in [2.45, 2.75) is 104 Å². The zero-order valence-electron chi connectivity index (χ0n) is 23.1. The Morgan fingerprint density at radius 1 is 1.20 bits per heavy atom. The predicted molar refractivity (Wildman–Crippen MR) is 141 cm³/mol. The number of allylic oxidation sites excluding steroid dienone is 3. The number of esters is 1. The monoisotopic (exact) mass is 484 g/mol. The molecule has 4 aliphatic rings. The fourth-order valence-electron chi connectivity index (χ4n) is 8.12. The Balaban J connectivity index is 1.55. The number of methoxy groups -OCH3 is 1. The van der Waals surface area contributed by atoms with E-state index < -0.39 is 17.1 Å².